The molecule has 1 aliphatic heterocycles. The zero-order chi connectivity index (χ0) is 12.5. The van der Waals surface area contributed by atoms with E-state index in [9.17, 15) is 10.1 Å². The van der Waals surface area contributed by atoms with E-state index in [2.05, 4.69) is 10.2 Å². The van der Waals surface area contributed by atoms with Gasteiger partial charge in [-0.3, -0.25) is 5.21 Å². The van der Waals surface area contributed by atoms with Crippen LogP contribution in [0.3, 0.4) is 0 Å². The van der Waals surface area contributed by atoms with Gasteiger partial charge in [-0.05, 0) is 19.0 Å². The van der Waals surface area contributed by atoms with Crippen molar-refractivity contribution >= 4 is 5.84 Å². The van der Waals surface area contributed by atoms with Crippen LogP contribution >= 0.6 is 0 Å². The Hall–Kier alpha value is -2.01. The van der Waals surface area contributed by atoms with E-state index >= 15 is 0 Å². The molecule has 1 N–H and O–H groups in total. The third-order valence-corrected chi connectivity index (χ3v) is 2.79. The Balaban J connectivity index is 2.47. The standard InChI is InChI=1S/C12H13N3O2/c1-12(2)10(8-13-16)14-11(15(12)17)9-6-4-3-5-7-9/h3-8,17H,1-2H3/b10-8+. The Bertz CT molecular complexity index is 492. The van der Waals surface area contributed by atoms with E-state index in [-0.39, 0.29) is 0 Å². The first-order chi connectivity index (χ1) is 8.07. The quantitative estimate of drug-likeness (QED) is 0.795. The number of amidine groups is 1. The van der Waals surface area contributed by atoms with E-state index in [1.807, 2.05) is 30.3 Å². The Morgan fingerprint density at radius 1 is 1.35 bits per heavy atom. The van der Waals surface area contributed by atoms with Crippen molar-refractivity contribution in [3.05, 3.63) is 52.7 Å². The van der Waals surface area contributed by atoms with Crippen LogP contribution < -0.4 is 0 Å². The van der Waals surface area contributed by atoms with Gasteiger partial charge in [-0.1, -0.05) is 30.3 Å². The molecule has 1 aliphatic rings. The minimum atomic E-state index is -0.751. The van der Waals surface area contributed by atoms with Gasteiger partial charge in [0, 0.05) is 5.56 Å². The molecule has 0 aliphatic carbocycles. The molecule has 17 heavy (non-hydrogen) atoms. The fourth-order valence-electron chi connectivity index (χ4n) is 1.68. The van der Waals surface area contributed by atoms with E-state index in [0.29, 0.717) is 11.5 Å². The molecule has 0 saturated heterocycles. The predicted octanol–water partition coefficient (Wildman–Crippen LogP) is 2.52. The summed E-state index contributed by atoms with van der Waals surface area (Å²) in [5.41, 5.74) is 0.477. The highest BCUT2D eigenvalue weighted by Crippen LogP contribution is 2.32. The summed E-state index contributed by atoms with van der Waals surface area (Å²) in [7, 11) is 0. The van der Waals surface area contributed by atoms with Crippen molar-refractivity contribution in [3.63, 3.8) is 0 Å². The highest BCUT2D eigenvalue weighted by molar-refractivity contribution is 6.01. The van der Waals surface area contributed by atoms with Crippen molar-refractivity contribution in [3.8, 4) is 0 Å². The van der Waals surface area contributed by atoms with E-state index in [1.165, 1.54) is 0 Å². The van der Waals surface area contributed by atoms with Crippen LogP contribution in [0.1, 0.15) is 19.4 Å². The van der Waals surface area contributed by atoms with Crippen molar-refractivity contribution in [1.29, 1.82) is 0 Å². The number of hydroxylamine groups is 2. The van der Waals surface area contributed by atoms with Crippen LogP contribution in [-0.4, -0.2) is 21.6 Å². The van der Waals surface area contributed by atoms with Crippen molar-refractivity contribution in [2.45, 2.75) is 19.4 Å². The Morgan fingerprint density at radius 2 is 2.00 bits per heavy atom. The number of nitrogens with zero attached hydrogens (tertiary/aromatic N) is 3. The lowest BCUT2D eigenvalue weighted by molar-refractivity contribution is -0.0684. The summed E-state index contributed by atoms with van der Waals surface area (Å²) >= 11 is 0. The lowest BCUT2D eigenvalue weighted by Gasteiger charge is -2.27. The first-order valence-electron chi connectivity index (χ1n) is 5.23. The maximum atomic E-state index is 10.3. The molecule has 2 rings (SSSR count). The monoisotopic (exact) mass is 231 g/mol. The van der Waals surface area contributed by atoms with Crippen LogP contribution in [0, 0.1) is 4.91 Å². The van der Waals surface area contributed by atoms with Gasteiger partial charge >= 0.3 is 0 Å². The van der Waals surface area contributed by atoms with Crippen molar-refractivity contribution in [2.75, 3.05) is 0 Å². The minimum absolute atomic E-state index is 0.422. The molecule has 0 amide bonds. The largest absolute Gasteiger partial charge is 0.286 e. The molecule has 1 heterocycles. The molecular formula is C12H13N3O2. The molecule has 0 bridgehead atoms. The second-order valence-electron chi connectivity index (χ2n) is 4.29. The van der Waals surface area contributed by atoms with Gasteiger partial charge in [0.15, 0.2) is 5.84 Å². The third-order valence-electron chi connectivity index (χ3n) is 2.79. The maximum absolute atomic E-state index is 10.3. The molecule has 0 saturated carbocycles. The smallest absolute Gasteiger partial charge is 0.160 e. The molecule has 1 aromatic rings. The third kappa shape index (κ3) is 1.85. The van der Waals surface area contributed by atoms with Crippen LogP contribution in [-0.2, 0) is 0 Å². The summed E-state index contributed by atoms with van der Waals surface area (Å²) in [6.07, 6.45) is 1.12. The zero-order valence-corrected chi connectivity index (χ0v) is 9.66. The molecule has 0 atom stereocenters. The molecule has 0 unspecified atom stereocenters. The average molecular weight is 231 g/mol. The molecule has 0 spiro atoms. The first kappa shape index (κ1) is 11.5. The molecule has 5 nitrogen and oxygen atoms in total. The summed E-state index contributed by atoms with van der Waals surface area (Å²) in [6.45, 7) is 3.53. The number of hydrogen-bond donors (Lipinski definition) is 1. The van der Waals surface area contributed by atoms with Gasteiger partial charge in [0.05, 0.1) is 11.9 Å². The summed E-state index contributed by atoms with van der Waals surface area (Å²) < 4.78 is 0. The number of hydrogen-bond acceptors (Lipinski definition) is 5. The van der Waals surface area contributed by atoms with Crippen LogP contribution in [0.25, 0.3) is 0 Å². The maximum Gasteiger partial charge on any atom is 0.160 e. The van der Waals surface area contributed by atoms with E-state index in [4.69, 9.17) is 0 Å². The van der Waals surface area contributed by atoms with Crippen LogP contribution in [0.2, 0.25) is 0 Å². The van der Waals surface area contributed by atoms with Gasteiger partial charge in [-0.2, -0.15) is 0 Å². The fraction of sp³-hybridized carbons (Fsp3) is 0.250. The predicted molar refractivity (Wildman–Crippen MR) is 64.6 cm³/mol. The van der Waals surface area contributed by atoms with Crippen molar-refractivity contribution in [1.82, 2.24) is 5.06 Å². The van der Waals surface area contributed by atoms with Gasteiger partial charge in [0.25, 0.3) is 0 Å². The molecule has 0 radical (unpaired) electrons. The second kappa shape index (κ2) is 4.10. The Kier molecular flexibility index (Phi) is 2.77. The van der Waals surface area contributed by atoms with Gasteiger partial charge in [-0.25, -0.2) is 10.1 Å². The highest BCUT2D eigenvalue weighted by atomic mass is 16.5. The topological polar surface area (TPSA) is 65.3 Å². The molecule has 88 valence electrons. The molecular weight excluding hydrogens is 218 g/mol. The second-order valence-corrected chi connectivity index (χ2v) is 4.29. The number of nitroso groups, excluding NO2 is 1. The zero-order valence-electron chi connectivity index (χ0n) is 9.66. The van der Waals surface area contributed by atoms with E-state index in [1.54, 1.807) is 13.8 Å². The molecule has 5 heteroatoms. The van der Waals surface area contributed by atoms with Gasteiger partial charge in [0.1, 0.15) is 5.54 Å². The fourth-order valence-corrected chi connectivity index (χ4v) is 1.68. The highest BCUT2D eigenvalue weighted by Gasteiger charge is 2.39. The Labute approximate surface area is 99.0 Å². The van der Waals surface area contributed by atoms with Crippen LogP contribution in [0.4, 0.5) is 0 Å². The lowest BCUT2D eigenvalue weighted by Crippen LogP contribution is -2.41. The SMILES string of the molecule is CC1(C)/C(=C\N=O)N=C(c2ccccc2)N1O. The minimum Gasteiger partial charge on any atom is -0.286 e. The number of aliphatic imine (C=N–C) groups is 1. The molecule has 0 fully saturated rings. The summed E-state index contributed by atoms with van der Waals surface area (Å²) in [5.74, 6) is 0.422. The molecule has 1 aromatic carbocycles. The average Bonchev–Trinajstić information content (AvgIpc) is 2.55. The van der Waals surface area contributed by atoms with Crippen LogP contribution in [0.15, 0.2) is 52.4 Å². The molecule has 0 aromatic heterocycles. The van der Waals surface area contributed by atoms with E-state index in [0.717, 1.165) is 16.8 Å². The first-order valence-corrected chi connectivity index (χ1v) is 5.23. The summed E-state index contributed by atoms with van der Waals surface area (Å²) in [4.78, 5) is 14.5. The lowest BCUT2D eigenvalue weighted by atomic mass is 10.0. The van der Waals surface area contributed by atoms with Crippen molar-refractivity contribution < 1.29 is 5.21 Å². The number of rotatable bonds is 2. The summed E-state index contributed by atoms with van der Waals surface area (Å²) in [5, 5.41) is 13.9. The Morgan fingerprint density at radius 3 is 2.59 bits per heavy atom. The van der Waals surface area contributed by atoms with E-state index < -0.39 is 5.54 Å². The van der Waals surface area contributed by atoms with Gasteiger partial charge < -0.3 is 0 Å². The summed E-state index contributed by atoms with van der Waals surface area (Å²) in [6, 6.07) is 9.29. The normalized spacial score (nSPS) is 20.5. The van der Waals surface area contributed by atoms with Gasteiger partial charge in [-0.15, -0.1) is 4.91 Å². The van der Waals surface area contributed by atoms with Crippen molar-refractivity contribution in [2.24, 2.45) is 10.2 Å². The van der Waals surface area contributed by atoms with Gasteiger partial charge in [0.2, 0.25) is 0 Å². The van der Waals surface area contributed by atoms with Crippen LogP contribution in [0.5, 0.6) is 0 Å². The number of benzene rings is 1.